The van der Waals surface area contributed by atoms with E-state index in [0.29, 0.717) is 5.75 Å². The second kappa shape index (κ2) is 4.98. The summed E-state index contributed by atoms with van der Waals surface area (Å²) in [6.45, 7) is 0. The minimum absolute atomic E-state index is 0.604. The highest BCUT2D eigenvalue weighted by Crippen LogP contribution is 2.30. The topological polar surface area (TPSA) is 0 Å². The molecule has 5 heteroatoms. The summed E-state index contributed by atoms with van der Waals surface area (Å²) in [6, 6.07) is 5.16. The van der Waals surface area contributed by atoms with Gasteiger partial charge in [0, 0.05) is 10.6 Å². The Morgan fingerprint density at radius 3 is 2.14 bits per heavy atom. The first-order chi connectivity index (χ1) is 6.54. The van der Waals surface area contributed by atoms with Crippen molar-refractivity contribution in [2.75, 3.05) is 11.5 Å². The predicted octanol–water partition coefficient (Wildman–Crippen LogP) is 3.73. The van der Waals surface area contributed by atoms with Gasteiger partial charge in [-0.05, 0) is 30.0 Å². The van der Waals surface area contributed by atoms with E-state index in [1.807, 2.05) is 0 Å². The first-order valence-corrected chi connectivity index (χ1v) is 5.57. The van der Waals surface area contributed by atoms with Gasteiger partial charge in [0.25, 0.3) is 0 Å². The molecule has 0 aliphatic heterocycles. The van der Waals surface area contributed by atoms with Crippen LogP contribution >= 0.6 is 24.4 Å². The van der Waals surface area contributed by atoms with E-state index < -0.39 is 11.7 Å². The van der Waals surface area contributed by atoms with Crippen LogP contribution in [0.1, 0.15) is 5.56 Å². The summed E-state index contributed by atoms with van der Waals surface area (Å²) in [5, 5.41) is 0. The summed E-state index contributed by atoms with van der Waals surface area (Å²) < 4.78 is 36.5. The number of alkyl halides is 3. The van der Waals surface area contributed by atoms with Gasteiger partial charge in [0.2, 0.25) is 0 Å². The van der Waals surface area contributed by atoms with Crippen LogP contribution < -0.4 is 0 Å². The van der Waals surface area contributed by atoms with E-state index in [1.165, 1.54) is 23.9 Å². The standard InChI is InChI=1S/C9H9F3S2/c10-9(11,12)7-1-3-8(4-2-7)14-6-5-13/h1-4,13H,5-6H2. The summed E-state index contributed by atoms with van der Waals surface area (Å²) >= 11 is 5.51. The maximum atomic E-state index is 12.2. The molecule has 1 aromatic rings. The first kappa shape index (κ1) is 11.8. The van der Waals surface area contributed by atoms with E-state index in [-0.39, 0.29) is 0 Å². The van der Waals surface area contributed by atoms with Crippen LogP contribution in [0.2, 0.25) is 0 Å². The number of hydrogen-bond donors (Lipinski definition) is 1. The van der Waals surface area contributed by atoms with Gasteiger partial charge in [-0.2, -0.15) is 25.8 Å². The van der Waals surface area contributed by atoms with E-state index in [0.717, 1.165) is 22.8 Å². The predicted molar refractivity (Wildman–Crippen MR) is 56.0 cm³/mol. The molecular formula is C9H9F3S2. The van der Waals surface area contributed by atoms with E-state index >= 15 is 0 Å². The maximum Gasteiger partial charge on any atom is 0.416 e. The van der Waals surface area contributed by atoms with Crippen molar-refractivity contribution in [1.29, 1.82) is 0 Å². The normalized spacial score (nSPS) is 11.7. The summed E-state index contributed by atoms with van der Waals surface area (Å²) in [5.41, 5.74) is -0.604. The zero-order valence-electron chi connectivity index (χ0n) is 7.21. The highest BCUT2D eigenvalue weighted by atomic mass is 32.2. The van der Waals surface area contributed by atoms with Crippen molar-refractivity contribution < 1.29 is 13.2 Å². The quantitative estimate of drug-likeness (QED) is 0.618. The highest BCUT2D eigenvalue weighted by molar-refractivity contribution is 8.00. The fourth-order valence-corrected chi connectivity index (χ4v) is 1.83. The van der Waals surface area contributed by atoms with Crippen LogP contribution in [0.3, 0.4) is 0 Å². The molecule has 0 nitrogen and oxygen atoms in total. The number of hydrogen-bond acceptors (Lipinski definition) is 2. The number of halogens is 3. The second-order valence-corrected chi connectivity index (χ2v) is 4.21. The lowest BCUT2D eigenvalue weighted by Crippen LogP contribution is -2.03. The molecule has 0 aromatic heterocycles. The zero-order chi connectivity index (χ0) is 10.6. The van der Waals surface area contributed by atoms with E-state index in [9.17, 15) is 13.2 Å². The van der Waals surface area contributed by atoms with Crippen LogP contribution in [0.25, 0.3) is 0 Å². The van der Waals surface area contributed by atoms with Gasteiger partial charge in [-0.15, -0.1) is 11.8 Å². The lowest BCUT2D eigenvalue weighted by molar-refractivity contribution is -0.137. The Hall–Kier alpha value is -0.290. The molecule has 1 rings (SSSR count). The third kappa shape index (κ3) is 3.46. The maximum absolute atomic E-state index is 12.2. The number of rotatable bonds is 3. The Bertz CT molecular complexity index is 279. The molecule has 0 spiro atoms. The molecule has 1 aromatic carbocycles. The third-order valence-corrected chi connectivity index (χ3v) is 3.08. The van der Waals surface area contributed by atoms with Crippen molar-refractivity contribution in [3.05, 3.63) is 29.8 Å². The van der Waals surface area contributed by atoms with Crippen LogP contribution in [0.15, 0.2) is 29.2 Å². The van der Waals surface area contributed by atoms with Crippen molar-refractivity contribution in [2.24, 2.45) is 0 Å². The first-order valence-electron chi connectivity index (χ1n) is 3.95. The highest BCUT2D eigenvalue weighted by Gasteiger charge is 2.29. The molecule has 0 heterocycles. The molecule has 0 fully saturated rings. The Balaban J connectivity index is 2.69. The minimum atomic E-state index is -4.24. The van der Waals surface area contributed by atoms with Crippen LogP contribution in [0.5, 0.6) is 0 Å². The van der Waals surface area contributed by atoms with Crippen LogP contribution in [-0.2, 0) is 6.18 Å². The second-order valence-electron chi connectivity index (χ2n) is 2.59. The van der Waals surface area contributed by atoms with E-state index in [1.54, 1.807) is 0 Å². The van der Waals surface area contributed by atoms with E-state index in [2.05, 4.69) is 12.6 Å². The fourth-order valence-electron chi connectivity index (χ4n) is 0.904. The van der Waals surface area contributed by atoms with Gasteiger partial charge < -0.3 is 0 Å². The van der Waals surface area contributed by atoms with Gasteiger partial charge in [-0.3, -0.25) is 0 Å². The molecular weight excluding hydrogens is 229 g/mol. The number of thiol groups is 1. The summed E-state index contributed by atoms with van der Waals surface area (Å²) in [5.74, 6) is 1.51. The monoisotopic (exact) mass is 238 g/mol. The molecule has 0 radical (unpaired) electrons. The minimum Gasteiger partial charge on any atom is -0.178 e. The lowest BCUT2D eigenvalue weighted by Gasteiger charge is -2.06. The lowest BCUT2D eigenvalue weighted by atomic mass is 10.2. The summed E-state index contributed by atoms with van der Waals surface area (Å²) in [7, 11) is 0. The molecule has 0 amide bonds. The van der Waals surface area contributed by atoms with E-state index in [4.69, 9.17) is 0 Å². The van der Waals surface area contributed by atoms with Gasteiger partial charge in [0.05, 0.1) is 5.56 Å². The Kier molecular flexibility index (Phi) is 4.19. The van der Waals surface area contributed by atoms with Crippen molar-refractivity contribution in [1.82, 2.24) is 0 Å². The van der Waals surface area contributed by atoms with Gasteiger partial charge in [0.1, 0.15) is 0 Å². The molecule has 0 N–H and O–H groups in total. The average Bonchev–Trinajstić information content (AvgIpc) is 2.14. The molecule has 14 heavy (non-hydrogen) atoms. The number of benzene rings is 1. The average molecular weight is 238 g/mol. The van der Waals surface area contributed by atoms with Gasteiger partial charge in [-0.25, -0.2) is 0 Å². The largest absolute Gasteiger partial charge is 0.416 e. The van der Waals surface area contributed by atoms with Crippen LogP contribution in [0, 0.1) is 0 Å². The van der Waals surface area contributed by atoms with Gasteiger partial charge >= 0.3 is 6.18 Å². The zero-order valence-corrected chi connectivity index (χ0v) is 8.92. The molecule has 0 saturated heterocycles. The molecule has 0 aliphatic carbocycles. The van der Waals surface area contributed by atoms with Gasteiger partial charge in [-0.1, -0.05) is 0 Å². The van der Waals surface area contributed by atoms with Crippen molar-refractivity contribution in [2.45, 2.75) is 11.1 Å². The smallest absolute Gasteiger partial charge is 0.178 e. The summed E-state index contributed by atoms with van der Waals surface area (Å²) in [6.07, 6.45) is -4.24. The van der Waals surface area contributed by atoms with Crippen molar-refractivity contribution in [3.63, 3.8) is 0 Å². The number of thioether (sulfide) groups is 1. The summed E-state index contributed by atoms with van der Waals surface area (Å²) in [4.78, 5) is 0.840. The Morgan fingerprint density at radius 1 is 1.14 bits per heavy atom. The molecule has 0 aliphatic rings. The molecule has 0 bridgehead atoms. The van der Waals surface area contributed by atoms with Gasteiger partial charge in [0.15, 0.2) is 0 Å². The Labute approximate surface area is 90.3 Å². The Morgan fingerprint density at radius 2 is 1.71 bits per heavy atom. The molecule has 0 unspecified atom stereocenters. The molecule has 0 atom stereocenters. The van der Waals surface area contributed by atoms with Crippen molar-refractivity contribution in [3.8, 4) is 0 Å². The fraction of sp³-hybridized carbons (Fsp3) is 0.333. The molecule has 78 valence electrons. The third-order valence-electron chi connectivity index (χ3n) is 1.54. The molecule has 0 saturated carbocycles. The SMILES string of the molecule is FC(F)(F)c1ccc(SCCS)cc1. The van der Waals surface area contributed by atoms with Crippen LogP contribution in [-0.4, -0.2) is 11.5 Å². The van der Waals surface area contributed by atoms with Crippen LogP contribution in [0.4, 0.5) is 13.2 Å². The van der Waals surface area contributed by atoms with Crippen molar-refractivity contribution >= 4 is 24.4 Å².